The highest BCUT2D eigenvalue weighted by Crippen LogP contribution is 2.00. The smallest absolute Gasteiger partial charge is 0.116 e. The van der Waals surface area contributed by atoms with Crippen LogP contribution in [-0.4, -0.2) is 4.98 Å². The second-order valence-corrected chi connectivity index (χ2v) is 3.88. The zero-order valence-electron chi connectivity index (χ0n) is 9.03. The van der Waals surface area contributed by atoms with Gasteiger partial charge in [-0.2, -0.15) is 0 Å². The van der Waals surface area contributed by atoms with E-state index in [0.29, 0.717) is 0 Å². The molecular formula is C13H17N2+. The lowest BCUT2D eigenvalue weighted by Gasteiger charge is -2.01. The lowest BCUT2D eigenvalue weighted by atomic mass is 10.1. The van der Waals surface area contributed by atoms with E-state index in [9.17, 15) is 0 Å². The molecule has 0 bridgehead atoms. The van der Waals surface area contributed by atoms with Crippen LogP contribution < -0.4 is 5.32 Å². The number of rotatable bonds is 4. The number of nitrogens with one attached hydrogen (secondary N) is 1. The van der Waals surface area contributed by atoms with Gasteiger partial charge in [-0.05, 0) is 19.1 Å². The van der Waals surface area contributed by atoms with Crippen molar-refractivity contribution in [1.29, 1.82) is 0 Å². The van der Waals surface area contributed by atoms with Crippen LogP contribution >= 0.6 is 0 Å². The fraction of sp³-hybridized carbons (Fsp3) is 0.231. The summed E-state index contributed by atoms with van der Waals surface area (Å²) in [6.45, 7) is 4.17. The lowest BCUT2D eigenvalue weighted by molar-refractivity contribution is -0.686. The lowest BCUT2D eigenvalue weighted by Crippen LogP contribution is -2.80. The number of aromatic nitrogens is 1. The molecule has 0 saturated heterocycles. The maximum absolute atomic E-state index is 3.20. The Morgan fingerprint density at radius 2 is 1.87 bits per heavy atom. The average Bonchev–Trinajstić information content (AvgIpc) is 2.74. The molecule has 0 fully saturated rings. The molecule has 1 aromatic heterocycles. The van der Waals surface area contributed by atoms with E-state index in [2.05, 4.69) is 47.6 Å². The molecule has 2 heteroatoms. The van der Waals surface area contributed by atoms with Crippen LogP contribution in [0.5, 0.6) is 0 Å². The van der Waals surface area contributed by atoms with Crippen molar-refractivity contribution in [3.63, 3.8) is 0 Å². The van der Waals surface area contributed by atoms with Crippen molar-refractivity contribution in [2.24, 2.45) is 0 Å². The molecule has 0 radical (unpaired) electrons. The van der Waals surface area contributed by atoms with Crippen LogP contribution in [-0.2, 0) is 13.1 Å². The van der Waals surface area contributed by atoms with Gasteiger partial charge in [0.05, 0.1) is 5.69 Å². The minimum Gasteiger partial charge on any atom is -0.360 e. The largest absolute Gasteiger partial charge is 0.360 e. The molecule has 1 aromatic carbocycles. The van der Waals surface area contributed by atoms with E-state index in [-0.39, 0.29) is 0 Å². The fourth-order valence-electron chi connectivity index (χ4n) is 1.61. The van der Waals surface area contributed by atoms with Crippen molar-refractivity contribution in [2.75, 3.05) is 0 Å². The predicted octanol–water partition coefficient (Wildman–Crippen LogP) is 1.59. The van der Waals surface area contributed by atoms with Crippen molar-refractivity contribution in [2.45, 2.75) is 20.0 Å². The van der Waals surface area contributed by atoms with Crippen molar-refractivity contribution in [1.82, 2.24) is 4.98 Å². The Morgan fingerprint density at radius 1 is 1.07 bits per heavy atom. The van der Waals surface area contributed by atoms with Crippen LogP contribution in [0.15, 0.2) is 42.6 Å². The van der Waals surface area contributed by atoms with Gasteiger partial charge in [0, 0.05) is 11.8 Å². The van der Waals surface area contributed by atoms with Gasteiger partial charge in [-0.25, -0.2) is 0 Å². The molecule has 1 heterocycles. The Kier molecular flexibility index (Phi) is 3.20. The van der Waals surface area contributed by atoms with Crippen LogP contribution in [0.2, 0.25) is 0 Å². The Morgan fingerprint density at radius 3 is 2.53 bits per heavy atom. The van der Waals surface area contributed by atoms with Gasteiger partial charge >= 0.3 is 0 Å². The summed E-state index contributed by atoms with van der Waals surface area (Å²) in [6.07, 6.45) is 1.97. The van der Waals surface area contributed by atoms with Crippen molar-refractivity contribution < 1.29 is 5.32 Å². The van der Waals surface area contributed by atoms with Crippen LogP contribution in [0.3, 0.4) is 0 Å². The number of nitrogens with two attached hydrogens (primary N) is 1. The minimum absolute atomic E-state index is 1.01. The molecule has 2 nitrogen and oxygen atoms in total. The molecule has 2 aromatic rings. The van der Waals surface area contributed by atoms with E-state index in [1.54, 1.807) is 0 Å². The van der Waals surface area contributed by atoms with Gasteiger partial charge in [0.15, 0.2) is 0 Å². The minimum atomic E-state index is 1.01. The number of benzene rings is 1. The van der Waals surface area contributed by atoms with Crippen LogP contribution in [0.25, 0.3) is 0 Å². The molecular weight excluding hydrogens is 184 g/mol. The third-order valence-electron chi connectivity index (χ3n) is 2.53. The van der Waals surface area contributed by atoms with Crippen LogP contribution in [0.1, 0.15) is 16.8 Å². The summed E-state index contributed by atoms with van der Waals surface area (Å²) in [4.78, 5) is 3.20. The standard InChI is InChI=1S/C13H16N2/c1-11-4-6-12(7-5-11)9-14-10-13-3-2-8-15-13/h2-8,14-15H,9-10H2,1H3/p+1. The van der Waals surface area contributed by atoms with E-state index in [4.69, 9.17) is 0 Å². The molecule has 15 heavy (non-hydrogen) atoms. The first-order chi connectivity index (χ1) is 7.34. The highest BCUT2D eigenvalue weighted by molar-refractivity contribution is 5.20. The van der Waals surface area contributed by atoms with Crippen molar-refractivity contribution in [3.05, 3.63) is 59.4 Å². The SMILES string of the molecule is Cc1ccc(C[NH2+]Cc2ccc[nH]2)cc1. The van der Waals surface area contributed by atoms with E-state index in [0.717, 1.165) is 13.1 Å². The highest BCUT2D eigenvalue weighted by Gasteiger charge is 1.97. The van der Waals surface area contributed by atoms with E-state index in [1.807, 2.05) is 12.3 Å². The summed E-state index contributed by atoms with van der Waals surface area (Å²) in [5.41, 5.74) is 3.98. The third-order valence-corrected chi connectivity index (χ3v) is 2.53. The molecule has 0 spiro atoms. The first kappa shape index (κ1) is 9.99. The van der Waals surface area contributed by atoms with Gasteiger partial charge in [0.25, 0.3) is 0 Å². The number of aromatic amines is 1. The first-order valence-electron chi connectivity index (χ1n) is 5.34. The van der Waals surface area contributed by atoms with Gasteiger partial charge in [0.1, 0.15) is 13.1 Å². The molecule has 2 rings (SSSR count). The summed E-state index contributed by atoms with van der Waals surface area (Å²) < 4.78 is 0. The zero-order valence-corrected chi connectivity index (χ0v) is 9.03. The molecule has 0 aliphatic heterocycles. The fourth-order valence-corrected chi connectivity index (χ4v) is 1.61. The van der Waals surface area contributed by atoms with Gasteiger partial charge in [-0.1, -0.05) is 29.8 Å². The molecule has 0 saturated carbocycles. The maximum atomic E-state index is 3.20. The summed E-state index contributed by atoms with van der Waals surface area (Å²) in [5, 5.41) is 2.30. The summed E-state index contributed by atoms with van der Waals surface area (Å²) in [7, 11) is 0. The second kappa shape index (κ2) is 4.80. The number of aryl methyl sites for hydroxylation is 1. The Labute approximate surface area is 90.3 Å². The first-order valence-corrected chi connectivity index (χ1v) is 5.34. The van der Waals surface area contributed by atoms with E-state index >= 15 is 0 Å². The number of hydrogen-bond donors (Lipinski definition) is 2. The van der Waals surface area contributed by atoms with Crippen molar-refractivity contribution >= 4 is 0 Å². The van der Waals surface area contributed by atoms with Crippen LogP contribution in [0.4, 0.5) is 0 Å². The summed E-state index contributed by atoms with van der Waals surface area (Å²) in [6, 6.07) is 12.9. The molecule has 0 amide bonds. The third kappa shape index (κ3) is 2.96. The monoisotopic (exact) mass is 201 g/mol. The Bertz CT molecular complexity index is 387. The Balaban J connectivity index is 1.81. The number of quaternary nitrogens is 1. The maximum Gasteiger partial charge on any atom is 0.116 e. The molecule has 0 unspecified atom stereocenters. The Hall–Kier alpha value is -1.54. The zero-order chi connectivity index (χ0) is 10.5. The normalized spacial score (nSPS) is 10.5. The molecule has 3 N–H and O–H groups in total. The topological polar surface area (TPSA) is 32.4 Å². The number of hydrogen-bond acceptors (Lipinski definition) is 0. The van der Waals surface area contributed by atoms with Gasteiger partial charge in [-0.15, -0.1) is 0 Å². The van der Waals surface area contributed by atoms with E-state index in [1.165, 1.54) is 16.8 Å². The molecule has 78 valence electrons. The number of H-pyrrole nitrogens is 1. The van der Waals surface area contributed by atoms with Crippen LogP contribution in [0, 0.1) is 6.92 Å². The van der Waals surface area contributed by atoms with Crippen molar-refractivity contribution in [3.8, 4) is 0 Å². The highest BCUT2D eigenvalue weighted by atomic mass is 14.9. The second-order valence-electron chi connectivity index (χ2n) is 3.88. The molecule has 0 atom stereocenters. The van der Waals surface area contributed by atoms with Gasteiger partial charge in [0.2, 0.25) is 0 Å². The average molecular weight is 201 g/mol. The summed E-state index contributed by atoms with van der Waals surface area (Å²) in [5.74, 6) is 0. The summed E-state index contributed by atoms with van der Waals surface area (Å²) >= 11 is 0. The van der Waals surface area contributed by atoms with Gasteiger partial charge in [-0.3, -0.25) is 0 Å². The molecule has 0 aliphatic rings. The quantitative estimate of drug-likeness (QED) is 0.753. The predicted molar refractivity (Wildman–Crippen MR) is 61.3 cm³/mol. The van der Waals surface area contributed by atoms with Gasteiger partial charge < -0.3 is 10.3 Å². The molecule has 0 aliphatic carbocycles. The van der Waals surface area contributed by atoms with E-state index < -0.39 is 0 Å².